The monoisotopic (exact) mass is 635 g/mol. The van der Waals surface area contributed by atoms with Crippen molar-refractivity contribution in [1.82, 2.24) is 15.5 Å². The molecule has 0 bridgehead atoms. The lowest BCUT2D eigenvalue weighted by Crippen LogP contribution is -2.23. The molecule has 3 aliphatic rings. The average Bonchev–Trinajstić information content (AvgIpc) is 3.22. The van der Waals surface area contributed by atoms with E-state index in [0.717, 1.165) is 76.9 Å². The molecule has 4 unspecified atom stereocenters. The van der Waals surface area contributed by atoms with Crippen molar-refractivity contribution in [3.8, 4) is 5.75 Å². The van der Waals surface area contributed by atoms with Gasteiger partial charge in [0.25, 0.3) is 0 Å². The van der Waals surface area contributed by atoms with Gasteiger partial charge in [0, 0.05) is 18.9 Å². The minimum atomic E-state index is -0.119. The smallest absolute Gasteiger partial charge is 0.230 e. The third-order valence-electron chi connectivity index (χ3n) is 8.11. The first-order chi connectivity index (χ1) is 21.4. The second-order valence-corrected chi connectivity index (χ2v) is 13.6. The summed E-state index contributed by atoms with van der Waals surface area (Å²) in [7, 11) is 3.32. The van der Waals surface area contributed by atoms with Crippen LogP contribution in [-0.2, 0) is 20.7 Å². The molecule has 2 N–H and O–H groups in total. The van der Waals surface area contributed by atoms with Crippen LogP contribution in [0.25, 0.3) is 0 Å². The van der Waals surface area contributed by atoms with Gasteiger partial charge in [0.1, 0.15) is 10.8 Å². The number of hydrogen-bond donors (Lipinski definition) is 2. The molecule has 2 heterocycles. The lowest BCUT2D eigenvalue weighted by molar-refractivity contribution is -0.119. The summed E-state index contributed by atoms with van der Waals surface area (Å²) in [6, 6.07) is 7.63. The van der Waals surface area contributed by atoms with E-state index in [2.05, 4.69) is 39.9 Å². The van der Waals surface area contributed by atoms with Gasteiger partial charge in [-0.25, -0.2) is 0 Å². The van der Waals surface area contributed by atoms with Crippen LogP contribution in [0.5, 0.6) is 5.75 Å². The van der Waals surface area contributed by atoms with Gasteiger partial charge in [0.15, 0.2) is 0 Å². The second kappa shape index (κ2) is 15.6. The Kier molecular flexibility index (Phi) is 11.4. The van der Waals surface area contributed by atoms with E-state index in [9.17, 15) is 9.59 Å². The maximum Gasteiger partial charge on any atom is 0.230 e. The highest BCUT2D eigenvalue weighted by Crippen LogP contribution is 2.40. The number of allylic oxidation sites excluding steroid dienone is 1. The van der Waals surface area contributed by atoms with Crippen LogP contribution in [0.3, 0.4) is 0 Å². The molecule has 1 aromatic heterocycles. The molecule has 5 rings (SSSR count). The number of nitrogens with one attached hydrogen (secondary N) is 2. The topological polar surface area (TPSA) is 115 Å². The van der Waals surface area contributed by atoms with E-state index in [1.54, 1.807) is 26.0 Å². The molecule has 2 amide bonds. The van der Waals surface area contributed by atoms with E-state index in [1.807, 2.05) is 36.4 Å². The first-order valence-corrected chi connectivity index (χ1v) is 16.9. The highest BCUT2D eigenvalue weighted by molar-refractivity contribution is 8.17. The van der Waals surface area contributed by atoms with Gasteiger partial charge in [0.05, 0.1) is 42.2 Å². The van der Waals surface area contributed by atoms with Crippen molar-refractivity contribution in [2.75, 3.05) is 19.5 Å². The summed E-state index contributed by atoms with van der Waals surface area (Å²) in [6.07, 6.45) is 15.7. The minimum absolute atomic E-state index is 0.0152. The van der Waals surface area contributed by atoms with E-state index < -0.39 is 0 Å². The minimum Gasteiger partial charge on any atom is -0.497 e. The van der Waals surface area contributed by atoms with Crippen molar-refractivity contribution < 1.29 is 19.1 Å². The molecule has 2 aromatic rings. The van der Waals surface area contributed by atoms with Crippen molar-refractivity contribution >= 4 is 45.1 Å². The maximum atomic E-state index is 12.9. The summed E-state index contributed by atoms with van der Waals surface area (Å²) in [5.74, 6) is 1.15. The molecule has 1 fully saturated rings. The fourth-order valence-electron chi connectivity index (χ4n) is 5.66. The first-order valence-electron chi connectivity index (χ1n) is 15.3. The van der Waals surface area contributed by atoms with Crippen LogP contribution in [0, 0.1) is 5.92 Å². The Labute approximate surface area is 267 Å². The summed E-state index contributed by atoms with van der Waals surface area (Å²) in [4.78, 5) is 30.7. The van der Waals surface area contributed by atoms with Crippen molar-refractivity contribution in [2.45, 2.75) is 82.8 Å². The third kappa shape index (κ3) is 9.12. The van der Waals surface area contributed by atoms with Crippen LogP contribution < -0.4 is 15.4 Å². The Morgan fingerprint density at radius 1 is 0.955 bits per heavy atom. The Bertz CT molecular complexity index is 1430. The zero-order chi connectivity index (χ0) is 30.9. The number of benzene rings is 1. The number of hydrogen-bond acceptors (Lipinski definition) is 9. The molecule has 9 nitrogen and oxygen atoms in total. The normalized spacial score (nSPS) is 23.8. The van der Waals surface area contributed by atoms with Crippen LogP contribution in [0.4, 0.5) is 5.13 Å². The lowest BCUT2D eigenvalue weighted by atomic mass is 9.94. The van der Waals surface area contributed by atoms with E-state index in [0.29, 0.717) is 11.6 Å². The molecule has 11 heteroatoms. The number of anilines is 1. The number of carbonyl (C=O) groups is 2. The second-order valence-electron chi connectivity index (χ2n) is 11.5. The van der Waals surface area contributed by atoms with Gasteiger partial charge in [-0.2, -0.15) is 0 Å². The number of methoxy groups -OCH3 is 2. The van der Waals surface area contributed by atoms with Crippen LogP contribution in [0.2, 0.25) is 0 Å². The van der Waals surface area contributed by atoms with Crippen LogP contribution in [0.1, 0.15) is 74.8 Å². The molecule has 4 atom stereocenters. The number of aliphatic imine (C=N–C) groups is 1. The fraction of sp³-hybridized carbons (Fsp3) is 0.485. The summed E-state index contributed by atoms with van der Waals surface area (Å²) in [6.45, 7) is 2.13. The van der Waals surface area contributed by atoms with Crippen LogP contribution in [-0.4, -0.2) is 53.4 Å². The van der Waals surface area contributed by atoms with E-state index in [1.165, 1.54) is 11.3 Å². The highest BCUT2D eigenvalue weighted by Gasteiger charge is 2.30. The van der Waals surface area contributed by atoms with Gasteiger partial charge < -0.3 is 20.1 Å². The van der Waals surface area contributed by atoms with Gasteiger partial charge in [-0.1, -0.05) is 72.4 Å². The third-order valence-corrected chi connectivity index (χ3v) is 10.2. The number of nitrogens with zero attached hydrogens (tertiary/aromatic N) is 3. The average molecular weight is 636 g/mol. The maximum absolute atomic E-state index is 12.9. The summed E-state index contributed by atoms with van der Waals surface area (Å²) in [5.41, 5.74) is 1.92. The zero-order valence-electron chi connectivity index (χ0n) is 25.6. The van der Waals surface area contributed by atoms with Crippen LogP contribution >= 0.6 is 23.1 Å². The summed E-state index contributed by atoms with van der Waals surface area (Å²) >= 11 is 3.07. The molecule has 234 valence electrons. The summed E-state index contributed by atoms with van der Waals surface area (Å²) < 4.78 is 10.6. The zero-order valence-corrected chi connectivity index (χ0v) is 27.2. The number of ether oxygens (including phenoxy) is 2. The fourth-order valence-corrected chi connectivity index (χ4v) is 7.75. The molecular weight excluding hydrogens is 595 g/mol. The van der Waals surface area contributed by atoms with E-state index >= 15 is 0 Å². The van der Waals surface area contributed by atoms with Crippen LogP contribution in [0.15, 0.2) is 64.2 Å². The molecule has 0 saturated heterocycles. The van der Waals surface area contributed by atoms with Crippen molar-refractivity contribution in [3.05, 3.63) is 69.7 Å². The number of carbonyl (C=O) groups excluding carboxylic acids is 2. The molecular formula is C33H41N5O4S2. The first kappa shape index (κ1) is 32.1. The molecule has 1 aromatic carbocycles. The number of aromatic nitrogens is 2. The molecule has 0 radical (unpaired) electrons. The van der Waals surface area contributed by atoms with E-state index in [-0.39, 0.29) is 42.2 Å². The lowest BCUT2D eigenvalue weighted by Gasteiger charge is -2.21. The number of rotatable bonds is 10. The van der Waals surface area contributed by atoms with Gasteiger partial charge in [0.2, 0.25) is 16.9 Å². The SMILES string of the molecule is COc1ccc(CC(=O)Nc2nnc(C3CCCCC(C4=NC(C)CC=C(NC(=O)CC5=CCC(OC)C=C5)S4)C3)s2)cc1. The molecule has 1 saturated carbocycles. The Balaban J connectivity index is 1.18. The predicted molar refractivity (Wildman–Crippen MR) is 177 cm³/mol. The quantitative estimate of drug-likeness (QED) is 0.284. The van der Waals surface area contributed by atoms with Crippen molar-refractivity contribution in [1.29, 1.82) is 0 Å². The number of thioether (sulfide) groups is 1. The van der Waals surface area contributed by atoms with Gasteiger partial charge >= 0.3 is 0 Å². The van der Waals surface area contributed by atoms with Crippen molar-refractivity contribution in [2.24, 2.45) is 10.9 Å². The summed E-state index contributed by atoms with van der Waals surface area (Å²) in [5, 5.41) is 18.3. The standard InChI is InChI=1S/C33H41N5O4S2/c1-21-8-17-30(35-28(39)18-22-9-13-26(41-2)14-10-22)43-31(34-21)24-6-4-5-7-25(20-24)32-37-38-33(44-32)36-29(40)19-23-11-15-27(42-3)16-12-23/h9-13,15-17,21,24-26H,4-8,14,18-20H2,1-3H3,(H,35,39)(H,36,38,40). The Morgan fingerprint density at radius 2 is 1.73 bits per heavy atom. The van der Waals surface area contributed by atoms with Gasteiger partial charge in [-0.3, -0.25) is 14.6 Å². The Hall–Kier alpha value is -3.28. The van der Waals surface area contributed by atoms with E-state index in [4.69, 9.17) is 14.5 Å². The highest BCUT2D eigenvalue weighted by atomic mass is 32.2. The molecule has 1 aliphatic heterocycles. The molecule has 2 aliphatic carbocycles. The Morgan fingerprint density at radius 3 is 2.45 bits per heavy atom. The number of amides is 2. The van der Waals surface area contributed by atoms with Gasteiger partial charge in [-0.15, -0.1) is 10.2 Å². The predicted octanol–water partition coefficient (Wildman–Crippen LogP) is 6.56. The molecule has 0 spiro atoms. The van der Waals surface area contributed by atoms with Crippen molar-refractivity contribution in [3.63, 3.8) is 0 Å². The molecule has 44 heavy (non-hydrogen) atoms. The largest absolute Gasteiger partial charge is 0.497 e. The van der Waals surface area contributed by atoms with Gasteiger partial charge in [-0.05, 0) is 62.3 Å².